The molecule has 0 heterocycles. The molecule has 0 aromatic heterocycles. The summed E-state index contributed by atoms with van der Waals surface area (Å²) in [5.74, 6) is 0.387. The highest BCUT2D eigenvalue weighted by Gasteiger charge is 2.07. The Balaban J connectivity index is 2.35. The van der Waals surface area contributed by atoms with Crippen molar-refractivity contribution in [1.29, 1.82) is 0 Å². The molecule has 0 saturated heterocycles. The molecular formula is C13H11ClFNO. The van der Waals surface area contributed by atoms with Crippen LogP contribution in [0.25, 0.3) is 0 Å². The molecule has 0 aliphatic carbocycles. The molecular weight excluding hydrogens is 241 g/mol. The molecule has 4 heteroatoms. The van der Waals surface area contributed by atoms with Crippen LogP contribution >= 0.6 is 11.6 Å². The Kier molecular flexibility index (Phi) is 3.20. The zero-order valence-corrected chi connectivity index (χ0v) is 9.96. The van der Waals surface area contributed by atoms with Gasteiger partial charge in [0, 0.05) is 6.07 Å². The molecule has 0 aliphatic heterocycles. The first-order chi connectivity index (χ1) is 8.08. The SMILES string of the molecule is Cc1cccc(N)c1Oc1ccc(Cl)c(F)c1. The molecule has 88 valence electrons. The van der Waals surface area contributed by atoms with Gasteiger partial charge in [-0.25, -0.2) is 4.39 Å². The summed E-state index contributed by atoms with van der Waals surface area (Å²) in [4.78, 5) is 0. The third-order valence-electron chi connectivity index (χ3n) is 2.35. The molecule has 0 radical (unpaired) electrons. The van der Waals surface area contributed by atoms with Crippen LogP contribution in [0, 0.1) is 12.7 Å². The molecule has 0 saturated carbocycles. The smallest absolute Gasteiger partial charge is 0.153 e. The lowest BCUT2D eigenvalue weighted by molar-refractivity contribution is 0.475. The summed E-state index contributed by atoms with van der Waals surface area (Å²) >= 11 is 5.59. The van der Waals surface area contributed by atoms with Crippen LogP contribution < -0.4 is 10.5 Å². The van der Waals surface area contributed by atoms with Crippen LogP contribution in [0.3, 0.4) is 0 Å². The van der Waals surface area contributed by atoms with Crippen molar-refractivity contribution in [3.05, 3.63) is 52.8 Å². The van der Waals surface area contributed by atoms with Gasteiger partial charge in [0.25, 0.3) is 0 Å². The first kappa shape index (κ1) is 11.7. The Labute approximate surface area is 104 Å². The number of ether oxygens (including phenoxy) is 1. The molecule has 0 unspecified atom stereocenters. The Morgan fingerprint density at radius 2 is 2.00 bits per heavy atom. The number of hydrogen-bond acceptors (Lipinski definition) is 2. The summed E-state index contributed by atoms with van der Waals surface area (Å²) in [6, 6.07) is 9.71. The zero-order valence-electron chi connectivity index (χ0n) is 9.21. The van der Waals surface area contributed by atoms with Crippen LogP contribution in [0.15, 0.2) is 36.4 Å². The van der Waals surface area contributed by atoms with Crippen molar-refractivity contribution >= 4 is 17.3 Å². The summed E-state index contributed by atoms with van der Waals surface area (Å²) in [5.41, 5.74) is 7.20. The molecule has 2 rings (SSSR count). The molecule has 0 bridgehead atoms. The van der Waals surface area contributed by atoms with Crippen LogP contribution in [-0.2, 0) is 0 Å². The molecule has 0 spiro atoms. The Morgan fingerprint density at radius 3 is 2.65 bits per heavy atom. The fraction of sp³-hybridized carbons (Fsp3) is 0.0769. The maximum absolute atomic E-state index is 13.2. The van der Waals surface area contributed by atoms with Gasteiger partial charge in [-0.15, -0.1) is 0 Å². The van der Waals surface area contributed by atoms with E-state index in [1.165, 1.54) is 12.1 Å². The largest absolute Gasteiger partial charge is 0.455 e. The lowest BCUT2D eigenvalue weighted by Crippen LogP contribution is -1.94. The average Bonchev–Trinajstić information content (AvgIpc) is 2.28. The summed E-state index contributed by atoms with van der Waals surface area (Å²) in [5, 5.41) is 0.0649. The van der Waals surface area contributed by atoms with E-state index in [0.717, 1.165) is 5.56 Å². The van der Waals surface area contributed by atoms with E-state index in [9.17, 15) is 4.39 Å². The molecule has 17 heavy (non-hydrogen) atoms. The average molecular weight is 252 g/mol. The molecule has 0 atom stereocenters. The molecule has 0 amide bonds. The number of nitrogens with two attached hydrogens (primary N) is 1. The number of rotatable bonds is 2. The predicted octanol–water partition coefficient (Wildman–Crippen LogP) is 4.16. The number of aryl methyl sites for hydroxylation is 1. The highest BCUT2D eigenvalue weighted by Crippen LogP contribution is 2.31. The van der Waals surface area contributed by atoms with Crippen molar-refractivity contribution in [3.63, 3.8) is 0 Å². The van der Waals surface area contributed by atoms with Gasteiger partial charge in [-0.2, -0.15) is 0 Å². The molecule has 0 aliphatic rings. The van der Waals surface area contributed by atoms with Crippen LogP contribution in [0.4, 0.5) is 10.1 Å². The van der Waals surface area contributed by atoms with Gasteiger partial charge in [0.05, 0.1) is 10.7 Å². The van der Waals surface area contributed by atoms with Crippen molar-refractivity contribution in [2.75, 3.05) is 5.73 Å². The van der Waals surface area contributed by atoms with Gasteiger partial charge in [-0.1, -0.05) is 23.7 Å². The fourth-order valence-electron chi connectivity index (χ4n) is 1.47. The highest BCUT2D eigenvalue weighted by molar-refractivity contribution is 6.30. The Bertz CT molecular complexity index is 537. The van der Waals surface area contributed by atoms with E-state index in [0.29, 0.717) is 17.2 Å². The van der Waals surface area contributed by atoms with Crippen molar-refractivity contribution in [2.45, 2.75) is 6.92 Å². The van der Waals surface area contributed by atoms with Gasteiger partial charge in [0.1, 0.15) is 11.6 Å². The summed E-state index contributed by atoms with van der Waals surface area (Å²) in [7, 11) is 0. The second-order valence-electron chi connectivity index (χ2n) is 3.67. The fourth-order valence-corrected chi connectivity index (χ4v) is 1.59. The van der Waals surface area contributed by atoms with E-state index < -0.39 is 5.82 Å². The lowest BCUT2D eigenvalue weighted by atomic mass is 10.2. The molecule has 2 aromatic rings. The maximum Gasteiger partial charge on any atom is 0.153 e. The number of nitrogen functional groups attached to an aromatic ring is 1. The van der Waals surface area contributed by atoms with Crippen LogP contribution in [-0.4, -0.2) is 0 Å². The van der Waals surface area contributed by atoms with Gasteiger partial charge in [-0.3, -0.25) is 0 Å². The van der Waals surface area contributed by atoms with Crippen LogP contribution in [0.2, 0.25) is 5.02 Å². The van der Waals surface area contributed by atoms with E-state index in [1.807, 2.05) is 19.1 Å². The topological polar surface area (TPSA) is 35.2 Å². The number of benzene rings is 2. The van der Waals surface area contributed by atoms with E-state index in [4.69, 9.17) is 22.1 Å². The second-order valence-corrected chi connectivity index (χ2v) is 4.08. The quantitative estimate of drug-likeness (QED) is 0.814. The van der Waals surface area contributed by atoms with E-state index >= 15 is 0 Å². The number of halogens is 2. The van der Waals surface area contributed by atoms with Gasteiger partial charge in [-0.05, 0) is 30.7 Å². The first-order valence-electron chi connectivity index (χ1n) is 5.06. The first-order valence-corrected chi connectivity index (χ1v) is 5.43. The molecule has 0 fully saturated rings. The number of hydrogen-bond donors (Lipinski definition) is 1. The normalized spacial score (nSPS) is 10.3. The van der Waals surface area contributed by atoms with Gasteiger partial charge in [0.15, 0.2) is 5.75 Å². The Morgan fingerprint density at radius 1 is 1.24 bits per heavy atom. The standard InChI is InChI=1S/C13H11ClFNO/c1-8-3-2-4-12(16)13(8)17-9-5-6-10(14)11(15)7-9/h2-7H,16H2,1H3. The van der Waals surface area contributed by atoms with Gasteiger partial charge in [0.2, 0.25) is 0 Å². The van der Waals surface area contributed by atoms with Crippen molar-refractivity contribution in [1.82, 2.24) is 0 Å². The monoisotopic (exact) mass is 251 g/mol. The molecule has 2 N–H and O–H groups in total. The van der Waals surface area contributed by atoms with Gasteiger partial charge < -0.3 is 10.5 Å². The van der Waals surface area contributed by atoms with Crippen molar-refractivity contribution < 1.29 is 9.13 Å². The third kappa shape index (κ3) is 2.50. The summed E-state index contributed by atoms with van der Waals surface area (Å²) in [6.45, 7) is 1.87. The van der Waals surface area contributed by atoms with E-state index in [2.05, 4.69) is 0 Å². The second kappa shape index (κ2) is 4.63. The van der Waals surface area contributed by atoms with E-state index in [1.54, 1.807) is 12.1 Å². The van der Waals surface area contributed by atoms with Crippen molar-refractivity contribution in [2.24, 2.45) is 0 Å². The third-order valence-corrected chi connectivity index (χ3v) is 2.66. The molecule has 2 nitrogen and oxygen atoms in total. The van der Waals surface area contributed by atoms with Crippen molar-refractivity contribution in [3.8, 4) is 11.5 Å². The minimum atomic E-state index is -0.517. The van der Waals surface area contributed by atoms with E-state index in [-0.39, 0.29) is 5.02 Å². The minimum absolute atomic E-state index is 0.0649. The predicted molar refractivity (Wildman–Crippen MR) is 67.1 cm³/mol. The zero-order chi connectivity index (χ0) is 12.4. The maximum atomic E-state index is 13.2. The minimum Gasteiger partial charge on any atom is -0.455 e. The van der Waals surface area contributed by atoms with Gasteiger partial charge >= 0.3 is 0 Å². The highest BCUT2D eigenvalue weighted by atomic mass is 35.5. The molecule has 2 aromatic carbocycles. The Hall–Kier alpha value is -1.74. The summed E-state index contributed by atoms with van der Waals surface area (Å²) in [6.07, 6.45) is 0. The van der Waals surface area contributed by atoms with Crippen LogP contribution in [0.1, 0.15) is 5.56 Å². The van der Waals surface area contributed by atoms with Crippen LogP contribution in [0.5, 0.6) is 11.5 Å². The number of anilines is 1. The lowest BCUT2D eigenvalue weighted by Gasteiger charge is -2.11. The number of para-hydroxylation sites is 1. The summed E-state index contributed by atoms with van der Waals surface area (Å²) < 4.78 is 18.8.